The van der Waals surface area contributed by atoms with Gasteiger partial charge in [-0.15, -0.1) is 0 Å². The molecule has 0 aliphatic rings. The average Bonchev–Trinajstić information content (AvgIpc) is 2.62. The molecule has 130 valence electrons. The number of amides is 1. The van der Waals surface area contributed by atoms with Crippen LogP contribution in [0.3, 0.4) is 0 Å². The summed E-state index contributed by atoms with van der Waals surface area (Å²) < 4.78 is 5.61. The minimum atomic E-state index is -0.0534. The molecule has 0 aliphatic heterocycles. The third kappa shape index (κ3) is 5.96. The first kappa shape index (κ1) is 18.5. The number of carbonyl (C=O) groups excluding carboxylic acids is 1. The third-order valence-corrected chi connectivity index (χ3v) is 3.77. The van der Waals surface area contributed by atoms with E-state index in [1.54, 1.807) is 17.0 Å². The van der Waals surface area contributed by atoms with E-state index in [4.69, 9.17) is 10.00 Å². The molecule has 0 heterocycles. The molecule has 2 aromatic rings. The Labute approximate surface area is 149 Å². The van der Waals surface area contributed by atoms with Crippen LogP contribution in [0.4, 0.5) is 0 Å². The van der Waals surface area contributed by atoms with E-state index < -0.39 is 0 Å². The van der Waals surface area contributed by atoms with Gasteiger partial charge in [-0.3, -0.25) is 4.79 Å². The molecule has 2 rings (SSSR count). The highest BCUT2D eigenvalue weighted by molar-refractivity contribution is 5.94. The van der Waals surface area contributed by atoms with Crippen molar-refractivity contribution in [1.29, 1.82) is 5.26 Å². The van der Waals surface area contributed by atoms with E-state index in [1.165, 1.54) is 5.56 Å². The Balaban J connectivity index is 2.05. The van der Waals surface area contributed by atoms with Crippen molar-refractivity contribution < 1.29 is 9.53 Å². The van der Waals surface area contributed by atoms with Gasteiger partial charge >= 0.3 is 0 Å². The highest BCUT2D eigenvalue weighted by Gasteiger charge is 2.15. The summed E-state index contributed by atoms with van der Waals surface area (Å²) in [5, 5.41) is 8.87. The Bertz CT molecular complexity index is 703. The second-order valence-electron chi connectivity index (χ2n) is 6.13. The number of nitrogens with zero attached hydrogens (tertiary/aromatic N) is 2. The lowest BCUT2D eigenvalue weighted by atomic mass is 10.1. The topological polar surface area (TPSA) is 53.3 Å². The summed E-state index contributed by atoms with van der Waals surface area (Å²) in [6.07, 6.45) is 1.20. The van der Waals surface area contributed by atoms with Gasteiger partial charge in [0.05, 0.1) is 18.6 Å². The molecule has 4 nitrogen and oxygen atoms in total. The van der Waals surface area contributed by atoms with Crippen LogP contribution in [0.1, 0.15) is 36.2 Å². The maximum Gasteiger partial charge on any atom is 0.253 e. The minimum Gasteiger partial charge on any atom is -0.491 e. The predicted octanol–water partition coefficient (Wildman–Crippen LogP) is 4.07. The lowest BCUT2D eigenvalue weighted by Gasteiger charge is -2.22. The molecule has 4 heteroatoms. The third-order valence-electron chi connectivity index (χ3n) is 3.77. The molecular formula is C21H24N2O2. The quantitative estimate of drug-likeness (QED) is 0.730. The second-order valence-corrected chi connectivity index (χ2v) is 6.13. The maximum absolute atomic E-state index is 12.8. The van der Waals surface area contributed by atoms with Crippen LogP contribution in [0.2, 0.25) is 0 Å². The predicted molar refractivity (Wildman–Crippen MR) is 98.5 cm³/mol. The van der Waals surface area contributed by atoms with Gasteiger partial charge in [-0.1, -0.05) is 30.3 Å². The zero-order valence-electron chi connectivity index (χ0n) is 14.8. The fourth-order valence-electron chi connectivity index (χ4n) is 2.54. The van der Waals surface area contributed by atoms with Gasteiger partial charge in [0.15, 0.2) is 0 Å². The number of hydrogen-bond donors (Lipinski definition) is 0. The summed E-state index contributed by atoms with van der Waals surface area (Å²) in [5.74, 6) is 0.696. The van der Waals surface area contributed by atoms with Crippen LogP contribution >= 0.6 is 0 Å². The van der Waals surface area contributed by atoms with Crippen molar-refractivity contribution in [2.45, 2.75) is 32.8 Å². The van der Waals surface area contributed by atoms with Gasteiger partial charge in [-0.2, -0.15) is 5.26 Å². The van der Waals surface area contributed by atoms with Crippen molar-refractivity contribution >= 4 is 5.91 Å². The standard InChI is InChI=1S/C21H24N2O2/c1-17(2)25-20-11-9-19(10-12-20)21(24)23(15-6-14-22)16-13-18-7-4-3-5-8-18/h3-5,7-12,17H,6,13,15-16H2,1-2H3. The Morgan fingerprint density at radius 3 is 2.36 bits per heavy atom. The number of carbonyl (C=O) groups is 1. The summed E-state index contributed by atoms with van der Waals surface area (Å²) in [7, 11) is 0. The van der Waals surface area contributed by atoms with Gasteiger partial charge in [-0.25, -0.2) is 0 Å². The lowest BCUT2D eigenvalue weighted by Crippen LogP contribution is -2.33. The number of ether oxygens (including phenoxy) is 1. The van der Waals surface area contributed by atoms with E-state index in [1.807, 2.05) is 56.3 Å². The van der Waals surface area contributed by atoms with Crippen LogP contribution in [0, 0.1) is 11.3 Å². The van der Waals surface area contributed by atoms with Crippen molar-refractivity contribution in [3.8, 4) is 11.8 Å². The molecule has 25 heavy (non-hydrogen) atoms. The first-order valence-electron chi connectivity index (χ1n) is 8.57. The molecular weight excluding hydrogens is 312 g/mol. The van der Waals surface area contributed by atoms with Crippen LogP contribution in [0.25, 0.3) is 0 Å². The van der Waals surface area contributed by atoms with Crippen LogP contribution in [-0.2, 0) is 6.42 Å². The molecule has 0 bridgehead atoms. The number of rotatable bonds is 8. The summed E-state index contributed by atoms with van der Waals surface area (Å²) in [4.78, 5) is 14.5. The fraction of sp³-hybridized carbons (Fsp3) is 0.333. The number of nitriles is 1. The molecule has 0 aromatic heterocycles. The average molecular weight is 336 g/mol. The highest BCUT2D eigenvalue weighted by atomic mass is 16.5. The van der Waals surface area contributed by atoms with Crippen molar-refractivity contribution in [1.82, 2.24) is 4.90 Å². The van der Waals surface area contributed by atoms with Crippen molar-refractivity contribution in [2.75, 3.05) is 13.1 Å². The van der Waals surface area contributed by atoms with E-state index >= 15 is 0 Å². The number of benzene rings is 2. The van der Waals surface area contributed by atoms with Crippen LogP contribution < -0.4 is 4.74 Å². The molecule has 0 aliphatic carbocycles. The smallest absolute Gasteiger partial charge is 0.253 e. The number of hydrogen-bond acceptors (Lipinski definition) is 3. The van der Waals surface area contributed by atoms with E-state index in [9.17, 15) is 4.79 Å². The summed E-state index contributed by atoms with van der Waals surface area (Å²) in [5.41, 5.74) is 1.79. The SMILES string of the molecule is CC(C)Oc1ccc(C(=O)N(CCC#N)CCc2ccccc2)cc1. The molecule has 0 fully saturated rings. The Hall–Kier alpha value is -2.80. The fourth-order valence-corrected chi connectivity index (χ4v) is 2.54. The van der Waals surface area contributed by atoms with Crippen molar-refractivity contribution in [2.24, 2.45) is 0 Å². The summed E-state index contributed by atoms with van der Waals surface area (Å²) in [6, 6.07) is 19.4. The van der Waals surface area contributed by atoms with Crippen LogP contribution in [0.15, 0.2) is 54.6 Å². The Morgan fingerprint density at radius 2 is 1.76 bits per heavy atom. The summed E-state index contributed by atoms with van der Waals surface area (Å²) >= 11 is 0. The van der Waals surface area contributed by atoms with E-state index in [0.717, 1.165) is 12.2 Å². The molecule has 1 amide bonds. The van der Waals surface area contributed by atoms with Crippen LogP contribution in [0.5, 0.6) is 5.75 Å². The molecule has 0 N–H and O–H groups in total. The van der Waals surface area contributed by atoms with Gasteiger partial charge in [0.2, 0.25) is 0 Å². The van der Waals surface area contributed by atoms with Crippen LogP contribution in [-0.4, -0.2) is 30.0 Å². The second kappa shape index (κ2) is 9.48. The molecule has 0 unspecified atom stereocenters. The molecule has 0 radical (unpaired) electrons. The van der Waals surface area contributed by atoms with E-state index in [-0.39, 0.29) is 12.0 Å². The molecule has 0 atom stereocenters. The van der Waals surface area contributed by atoms with Crippen molar-refractivity contribution in [3.05, 3.63) is 65.7 Å². The van der Waals surface area contributed by atoms with Gasteiger partial charge in [0, 0.05) is 18.7 Å². The monoisotopic (exact) mass is 336 g/mol. The van der Waals surface area contributed by atoms with Crippen molar-refractivity contribution in [3.63, 3.8) is 0 Å². The first-order valence-corrected chi connectivity index (χ1v) is 8.57. The minimum absolute atomic E-state index is 0.0534. The molecule has 2 aromatic carbocycles. The Kier molecular flexibility index (Phi) is 7.03. The zero-order chi connectivity index (χ0) is 18.1. The Morgan fingerprint density at radius 1 is 1.08 bits per heavy atom. The van der Waals surface area contributed by atoms with E-state index in [2.05, 4.69) is 6.07 Å². The van der Waals surface area contributed by atoms with Gasteiger partial charge < -0.3 is 9.64 Å². The lowest BCUT2D eigenvalue weighted by molar-refractivity contribution is 0.0761. The van der Waals surface area contributed by atoms with Gasteiger partial charge in [0.1, 0.15) is 5.75 Å². The zero-order valence-corrected chi connectivity index (χ0v) is 14.8. The van der Waals surface area contributed by atoms with Gasteiger partial charge in [-0.05, 0) is 50.1 Å². The maximum atomic E-state index is 12.8. The van der Waals surface area contributed by atoms with Gasteiger partial charge in [0.25, 0.3) is 5.91 Å². The molecule has 0 spiro atoms. The molecule has 0 saturated carbocycles. The largest absolute Gasteiger partial charge is 0.491 e. The molecule has 0 saturated heterocycles. The normalized spacial score (nSPS) is 10.3. The van der Waals surface area contributed by atoms with E-state index in [0.29, 0.717) is 25.1 Å². The summed E-state index contributed by atoms with van der Waals surface area (Å²) in [6.45, 7) is 4.96. The highest BCUT2D eigenvalue weighted by Crippen LogP contribution is 2.16. The first-order chi connectivity index (χ1) is 12.1.